The van der Waals surface area contributed by atoms with Crippen molar-refractivity contribution < 1.29 is 24.1 Å². The molecule has 0 bridgehead atoms. The maximum Gasteiger partial charge on any atom is 0.266 e. The van der Waals surface area contributed by atoms with Gasteiger partial charge in [-0.05, 0) is 90.4 Å². The molecule has 0 saturated carbocycles. The van der Waals surface area contributed by atoms with E-state index in [-0.39, 0.29) is 30.6 Å². The van der Waals surface area contributed by atoms with Gasteiger partial charge in [0.05, 0.1) is 56.9 Å². The highest BCUT2D eigenvalue weighted by Gasteiger charge is 2.50. The molecule has 57 heavy (non-hydrogen) atoms. The summed E-state index contributed by atoms with van der Waals surface area (Å²) >= 11 is 0. The molecule has 1 N–H and O–H groups in total. The lowest BCUT2D eigenvalue weighted by Crippen LogP contribution is -2.50. The van der Waals surface area contributed by atoms with Crippen LogP contribution < -0.4 is 19.6 Å². The molecule has 1 aromatic heterocycles. The lowest BCUT2D eigenvalue weighted by atomic mass is 9.95. The van der Waals surface area contributed by atoms with Crippen molar-refractivity contribution in [3.63, 3.8) is 0 Å². The molecule has 1 saturated heterocycles. The summed E-state index contributed by atoms with van der Waals surface area (Å²) < 4.78 is 20.8. The first-order valence-electron chi connectivity index (χ1n) is 19.9. The van der Waals surface area contributed by atoms with Gasteiger partial charge >= 0.3 is 0 Å². The number of aliphatic hydroxyl groups is 1. The van der Waals surface area contributed by atoms with Crippen LogP contribution in [-0.2, 0) is 17.7 Å². The van der Waals surface area contributed by atoms with Crippen molar-refractivity contribution in [1.82, 2.24) is 15.0 Å². The van der Waals surface area contributed by atoms with E-state index in [2.05, 4.69) is 66.7 Å². The number of aromatic nitrogens is 3. The second-order valence-corrected chi connectivity index (χ2v) is 20.5. The molecule has 2 aliphatic heterocycles. The average molecular weight is 779 g/mol. The van der Waals surface area contributed by atoms with Gasteiger partial charge < -0.3 is 19.3 Å². The summed E-state index contributed by atoms with van der Waals surface area (Å²) in [6, 6.07) is 42.0. The summed E-state index contributed by atoms with van der Waals surface area (Å²) in [6.45, 7) is 7.93. The largest absolute Gasteiger partial charge is 0.497 e. The van der Waals surface area contributed by atoms with Crippen LogP contribution in [0.25, 0.3) is 0 Å². The molecule has 1 fully saturated rings. The number of ether oxygens (including phenoxy) is 3. The van der Waals surface area contributed by atoms with E-state index in [1.165, 1.54) is 5.19 Å². The van der Waals surface area contributed by atoms with E-state index in [0.717, 1.165) is 47.5 Å². The Bertz CT molecular complexity index is 2310. The number of aryl methyl sites for hydroxylation is 2. The van der Waals surface area contributed by atoms with Crippen LogP contribution in [0.2, 0.25) is 18.6 Å². The molecule has 8 rings (SSSR count). The molecule has 5 atom stereocenters. The minimum atomic E-state index is -2.08. The van der Waals surface area contributed by atoms with E-state index in [9.17, 15) is 9.90 Å². The zero-order valence-corrected chi connectivity index (χ0v) is 34.0. The zero-order chi connectivity index (χ0) is 39.5. The fourth-order valence-corrected chi connectivity index (χ4v) is 13.2. The first kappa shape index (κ1) is 38.3. The minimum Gasteiger partial charge on any atom is -0.497 e. The number of anilines is 2. The van der Waals surface area contributed by atoms with Gasteiger partial charge in [0.25, 0.3) is 5.91 Å². The van der Waals surface area contributed by atoms with Crippen molar-refractivity contribution >= 4 is 30.5 Å². The Kier molecular flexibility index (Phi) is 11.1. The van der Waals surface area contributed by atoms with Gasteiger partial charge in [0.1, 0.15) is 11.5 Å². The van der Waals surface area contributed by atoms with Crippen molar-refractivity contribution in [1.29, 1.82) is 0 Å². The van der Waals surface area contributed by atoms with E-state index in [4.69, 9.17) is 14.2 Å². The van der Waals surface area contributed by atoms with E-state index >= 15 is 0 Å². The van der Waals surface area contributed by atoms with E-state index in [1.807, 2.05) is 102 Å². The first-order valence-corrected chi connectivity index (χ1v) is 23.0. The molecule has 5 aromatic carbocycles. The summed E-state index contributed by atoms with van der Waals surface area (Å²) in [5, 5.41) is 20.6. The molecular weight excluding hydrogens is 729 g/mol. The maximum absolute atomic E-state index is 14.1. The van der Waals surface area contributed by atoms with Gasteiger partial charge in [0.2, 0.25) is 0 Å². The highest BCUT2D eigenvalue weighted by atomic mass is 28.3. The van der Waals surface area contributed by atoms with Crippen LogP contribution in [-0.4, -0.2) is 60.0 Å². The third-order valence-electron chi connectivity index (χ3n) is 12.0. The standard InChI is InChI=1S/C47H50N4O5Si/c1-32-42(26-21-33-13-12-16-35(29-33)51-41-18-9-11-20-44(41)56-43-19-10-8-17-38(43)47(51)53)55-45(46(32)57(3,4)37-24-22-36(54-2)23-25-37)27-28-50-30-40(48-49-50)39(31-52)34-14-6-5-7-15-34/h5-20,22-25,29-30,32,39,42,45-46,52H,21,26-28,31H2,1-4H3/t32-,39?,42+,45-,46+/m0/s1. The second kappa shape index (κ2) is 16.5. The fourth-order valence-electron chi connectivity index (χ4n) is 9.04. The van der Waals surface area contributed by atoms with Crippen LogP contribution in [0.5, 0.6) is 17.2 Å². The van der Waals surface area contributed by atoms with E-state index in [0.29, 0.717) is 40.8 Å². The fraction of sp³-hybridized carbons (Fsp3) is 0.298. The molecular formula is C47H50N4O5Si. The molecule has 1 amide bonds. The number of amides is 1. The third kappa shape index (κ3) is 7.77. The van der Waals surface area contributed by atoms with Crippen LogP contribution in [0.3, 0.4) is 0 Å². The Morgan fingerprint density at radius 3 is 2.35 bits per heavy atom. The van der Waals surface area contributed by atoms with E-state index < -0.39 is 8.07 Å². The van der Waals surface area contributed by atoms with Crippen molar-refractivity contribution in [3.05, 3.63) is 156 Å². The molecule has 0 spiro atoms. The lowest BCUT2D eigenvalue weighted by molar-refractivity contribution is 0.0249. The first-order chi connectivity index (χ1) is 27.7. The highest BCUT2D eigenvalue weighted by molar-refractivity contribution is 6.91. The quantitative estimate of drug-likeness (QED) is 0.117. The topological polar surface area (TPSA) is 98.9 Å². The van der Waals surface area contributed by atoms with Crippen molar-refractivity contribution in [2.75, 3.05) is 18.6 Å². The third-order valence-corrected chi connectivity index (χ3v) is 16.4. The number of aliphatic hydroxyl groups excluding tert-OH is 1. The predicted molar refractivity (Wildman–Crippen MR) is 226 cm³/mol. The van der Waals surface area contributed by atoms with Crippen molar-refractivity contribution in [2.24, 2.45) is 5.92 Å². The highest BCUT2D eigenvalue weighted by Crippen LogP contribution is 2.47. The normalized spacial score (nSPS) is 19.7. The number of benzene rings is 5. The zero-order valence-electron chi connectivity index (χ0n) is 33.0. The number of fused-ring (bicyclic) bond motifs is 2. The Morgan fingerprint density at radius 2 is 1.58 bits per heavy atom. The van der Waals surface area contributed by atoms with Gasteiger partial charge in [-0.15, -0.1) is 5.10 Å². The average Bonchev–Trinajstić information content (AvgIpc) is 3.81. The molecule has 1 unspecified atom stereocenters. The second-order valence-electron chi connectivity index (χ2n) is 15.8. The van der Waals surface area contributed by atoms with Gasteiger partial charge in [-0.3, -0.25) is 14.4 Å². The van der Waals surface area contributed by atoms with Gasteiger partial charge in [-0.25, -0.2) is 0 Å². The van der Waals surface area contributed by atoms with Crippen LogP contribution in [0.4, 0.5) is 11.4 Å². The Hall–Kier alpha value is -5.55. The lowest BCUT2D eigenvalue weighted by Gasteiger charge is -2.36. The maximum atomic E-state index is 14.1. The van der Waals surface area contributed by atoms with Gasteiger partial charge in [-0.1, -0.05) is 109 Å². The number of carbonyl (C=O) groups excluding carboxylic acids is 1. The summed E-state index contributed by atoms with van der Waals surface area (Å²) in [5.41, 5.74) is 5.32. The Labute approximate surface area is 335 Å². The Morgan fingerprint density at radius 1 is 0.842 bits per heavy atom. The molecule has 10 heteroatoms. The number of methoxy groups -OCH3 is 1. The van der Waals surface area contributed by atoms with Crippen LogP contribution >= 0.6 is 0 Å². The number of carbonyl (C=O) groups is 1. The minimum absolute atomic E-state index is 0.0295. The number of rotatable bonds is 13. The molecule has 9 nitrogen and oxygen atoms in total. The van der Waals surface area contributed by atoms with Crippen molar-refractivity contribution in [3.8, 4) is 17.2 Å². The van der Waals surface area contributed by atoms with Crippen LogP contribution in [0.15, 0.2) is 134 Å². The van der Waals surface area contributed by atoms with Crippen LogP contribution in [0, 0.1) is 5.92 Å². The smallest absolute Gasteiger partial charge is 0.266 e. The predicted octanol–water partition coefficient (Wildman–Crippen LogP) is 8.91. The Balaban J connectivity index is 1.03. The number of hydrogen-bond acceptors (Lipinski definition) is 7. The molecule has 0 aliphatic carbocycles. The summed E-state index contributed by atoms with van der Waals surface area (Å²) in [7, 11) is -0.375. The van der Waals surface area contributed by atoms with Crippen LogP contribution in [0.1, 0.15) is 52.9 Å². The summed E-state index contributed by atoms with van der Waals surface area (Å²) in [6.07, 6.45) is 4.50. The van der Waals surface area contributed by atoms with Gasteiger partial charge in [0, 0.05) is 18.4 Å². The number of para-hydroxylation sites is 3. The summed E-state index contributed by atoms with van der Waals surface area (Å²) in [4.78, 5) is 15.9. The number of hydrogen-bond donors (Lipinski definition) is 1. The van der Waals surface area contributed by atoms with Gasteiger partial charge in [-0.2, -0.15) is 0 Å². The monoisotopic (exact) mass is 778 g/mol. The molecule has 2 aliphatic rings. The van der Waals surface area contributed by atoms with Crippen molar-refractivity contribution in [2.45, 2.75) is 69.5 Å². The van der Waals surface area contributed by atoms with E-state index in [1.54, 1.807) is 12.0 Å². The van der Waals surface area contributed by atoms with Gasteiger partial charge in [0.15, 0.2) is 5.75 Å². The number of nitrogens with zero attached hydrogens (tertiary/aromatic N) is 4. The SMILES string of the molecule is COc1ccc([Si](C)(C)[C@@H]2[C@@H](C)[C@@H](CCc3cccc(N4C(=O)c5ccccc5Oc5ccccc54)c3)O[C@H]2CCn2cc(C(CO)c3ccccc3)nn2)cc1. The molecule has 292 valence electrons. The molecule has 0 radical (unpaired) electrons. The molecule has 6 aromatic rings. The molecule has 3 heterocycles. The summed E-state index contributed by atoms with van der Waals surface area (Å²) in [5.74, 6) is 2.02.